The monoisotopic (exact) mass is 287 g/mol. The van der Waals surface area contributed by atoms with Crippen molar-refractivity contribution >= 4 is 0 Å². The molecule has 2 nitrogen and oxygen atoms in total. The Morgan fingerprint density at radius 2 is 2.05 bits per heavy atom. The molecule has 1 saturated heterocycles. The minimum absolute atomic E-state index is 0.722. The van der Waals surface area contributed by atoms with Crippen LogP contribution in [0.4, 0.5) is 0 Å². The minimum atomic E-state index is 0.722. The number of ether oxygens (including phenoxy) is 1. The second-order valence-corrected chi connectivity index (χ2v) is 6.73. The highest BCUT2D eigenvalue weighted by Crippen LogP contribution is 2.42. The lowest BCUT2D eigenvalue weighted by molar-refractivity contribution is 0.230. The van der Waals surface area contributed by atoms with Crippen LogP contribution in [0.15, 0.2) is 24.3 Å². The van der Waals surface area contributed by atoms with Crippen LogP contribution in [0.2, 0.25) is 0 Å². The standard InChI is InChI=1S/C19H29NO/c1-2-12-21-17-9-5-8-16(13-17)18-10-11-20-14-19(18)15-6-3-4-7-15/h5,8-9,13,15,18-20H,2-4,6-7,10-12,14H2,1H3. The van der Waals surface area contributed by atoms with E-state index in [1.165, 1.54) is 44.2 Å². The molecule has 2 aliphatic rings. The molecule has 1 N–H and O–H groups in total. The summed E-state index contributed by atoms with van der Waals surface area (Å²) in [4.78, 5) is 0. The number of hydrogen-bond donors (Lipinski definition) is 1. The first kappa shape index (κ1) is 14.9. The summed E-state index contributed by atoms with van der Waals surface area (Å²) < 4.78 is 5.83. The van der Waals surface area contributed by atoms with Gasteiger partial charge in [0, 0.05) is 0 Å². The largest absolute Gasteiger partial charge is 0.494 e. The molecule has 1 aliphatic heterocycles. The number of benzene rings is 1. The Bertz CT molecular complexity index is 439. The van der Waals surface area contributed by atoms with Crippen LogP contribution in [0, 0.1) is 11.8 Å². The van der Waals surface area contributed by atoms with Gasteiger partial charge in [-0.25, -0.2) is 0 Å². The summed E-state index contributed by atoms with van der Waals surface area (Å²) in [5.41, 5.74) is 1.50. The average molecular weight is 287 g/mol. The topological polar surface area (TPSA) is 21.3 Å². The Kier molecular flexibility index (Phi) is 5.18. The third-order valence-corrected chi connectivity index (χ3v) is 5.29. The molecule has 2 atom stereocenters. The van der Waals surface area contributed by atoms with Crippen LogP contribution in [0.25, 0.3) is 0 Å². The van der Waals surface area contributed by atoms with Crippen molar-refractivity contribution in [1.82, 2.24) is 5.32 Å². The molecule has 1 aromatic rings. The third kappa shape index (κ3) is 3.60. The Morgan fingerprint density at radius 1 is 1.19 bits per heavy atom. The van der Waals surface area contributed by atoms with Crippen LogP contribution >= 0.6 is 0 Å². The molecule has 1 aromatic carbocycles. The fraction of sp³-hybridized carbons (Fsp3) is 0.684. The van der Waals surface area contributed by atoms with Crippen LogP contribution in [0.1, 0.15) is 56.9 Å². The highest BCUT2D eigenvalue weighted by atomic mass is 16.5. The lowest BCUT2D eigenvalue weighted by atomic mass is 9.73. The summed E-state index contributed by atoms with van der Waals surface area (Å²) in [5, 5.41) is 3.63. The predicted octanol–water partition coefficient (Wildman–Crippen LogP) is 4.36. The fourth-order valence-corrected chi connectivity index (χ4v) is 4.23. The van der Waals surface area contributed by atoms with Gasteiger partial charge >= 0.3 is 0 Å². The molecule has 2 fully saturated rings. The minimum Gasteiger partial charge on any atom is -0.494 e. The van der Waals surface area contributed by atoms with Gasteiger partial charge in [0.05, 0.1) is 6.61 Å². The summed E-state index contributed by atoms with van der Waals surface area (Å²) in [6, 6.07) is 8.89. The first-order valence-corrected chi connectivity index (χ1v) is 8.82. The van der Waals surface area contributed by atoms with Crippen molar-refractivity contribution in [2.45, 2.75) is 51.4 Å². The molecular formula is C19H29NO. The van der Waals surface area contributed by atoms with Crippen molar-refractivity contribution in [3.63, 3.8) is 0 Å². The molecule has 0 radical (unpaired) electrons. The maximum absolute atomic E-state index is 5.83. The molecule has 1 heterocycles. The van der Waals surface area contributed by atoms with E-state index in [-0.39, 0.29) is 0 Å². The van der Waals surface area contributed by atoms with E-state index in [1.54, 1.807) is 0 Å². The van der Waals surface area contributed by atoms with Gasteiger partial charge in [-0.1, -0.05) is 44.7 Å². The highest BCUT2D eigenvalue weighted by molar-refractivity contribution is 5.32. The third-order valence-electron chi connectivity index (χ3n) is 5.29. The zero-order valence-corrected chi connectivity index (χ0v) is 13.3. The number of hydrogen-bond acceptors (Lipinski definition) is 2. The van der Waals surface area contributed by atoms with Crippen LogP contribution in [-0.2, 0) is 0 Å². The number of rotatable bonds is 5. The molecule has 2 unspecified atom stereocenters. The fourth-order valence-electron chi connectivity index (χ4n) is 4.23. The van der Waals surface area contributed by atoms with E-state index in [0.29, 0.717) is 0 Å². The zero-order valence-electron chi connectivity index (χ0n) is 13.3. The lowest BCUT2D eigenvalue weighted by Crippen LogP contribution is -2.38. The smallest absolute Gasteiger partial charge is 0.119 e. The normalized spacial score (nSPS) is 26.9. The summed E-state index contributed by atoms with van der Waals surface area (Å²) in [6.45, 7) is 5.35. The predicted molar refractivity (Wildman–Crippen MR) is 87.9 cm³/mol. The summed E-state index contributed by atoms with van der Waals surface area (Å²) >= 11 is 0. The van der Waals surface area contributed by atoms with Gasteiger partial charge < -0.3 is 10.1 Å². The van der Waals surface area contributed by atoms with Gasteiger partial charge in [0.15, 0.2) is 0 Å². The maximum Gasteiger partial charge on any atom is 0.119 e. The van der Waals surface area contributed by atoms with Crippen LogP contribution in [-0.4, -0.2) is 19.7 Å². The van der Waals surface area contributed by atoms with Gasteiger partial charge in [-0.3, -0.25) is 0 Å². The van der Waals surface area contributed by atoms with Crippen molar-refractivity contribution in [3.05, 3.63) is 29.8 Å². The number of nitrogens with one attached hydrogen (secondary N) is 1. The summed E-state index contributed by atoms with van der Waals surface area (Å²) in [5.74, 6) is 3.53. The maximum atomic E-state index is 5.83. The molecule has 2 heteroatoms. The Morgan fingerprint density at radius 3 is 2.86 bits per heavy atom. The van der Waals surface area contributed by atoms with Gasteiger partial charge in [-0.15, -0.1) is 0 Å². The van der Waals surface area contributed by atoms with E-state index in [2.05, 4.69) is 36.5 Å². The second-order valence-electron chi connectivity index (χ2n) is 6.73. The molecule has 1 aliphatic carbocycles. The van der Waals surface area contributed by atoms with E-state index >= 15 is 0 Å². The number of piperidine rings is 1. The summed E-state index contributed by atoms with van der Waals surface area (Å²) in [7, 11) is 0. The van der Waals surface area contributed by atoms with Gasteiger partial charge in [0.1, 0.15) is 5.75 Å². The quantitative estimate of drug-likeness (QED) is 0.869. The van der Waals surface area contributed by atoms with Crippen LogP contribution in [0.5, 0.6) is 5.75 Å². The van der Waals surface area contributed by atoms with E-state index in [1.807, 2.05) is 0 Å². The van der Waals surface area contributed by atoms with E-state index in [4.69, 9.17) is 4.74 Å². The van der Waals surface area contributed by atoms with E-state index in [9.17, 15) is 0 Å². The van der Waals surface area contributed by atoms with Crippen molar-refractivity contribution in [3.8, 4) is 5.75 Å². The van der Waals surface area contributed by atoms with Crippen molar-refractivity contribution < 1.29 is 4.74 Å². The van der Waals surface area contributed by atoms with Crippen molar-refractivity contribution in [2.75, 3.05) is 19.7 Å². The van der Waals surface area contributed by atoms with Gasteiger partial charge in [0.25, 0.3) is 0 Å². The molecule has 116 valence electrons. The molecule has 1 saturated carbocycles. The van der Waals surface area contributed by atoms with Gasteiger partial charge in [0.2, 0.25) is 0 Å². The average Bonchev–Trinajstić information content (AvgIpc) is 3.07. The molecule has 0 spiro atoms. The Balaban J connectivity index is 1.75. The second kappa shape index (κ2) is 7.31. The first-order chi connectivity index (χ1) is 10.4. The zero-order chi connectivity index (χ0) is 14.5. The van der Waals surface area contributed by atoms with Gasteiger partial charge in [-0.2, -0.15) is 0 Å². The van der Waals surface area contributed by atoms with Crippen LogP contribution < -0.4 is 10.1 Å². The first-order valence-electron chi connectivity index (χ1n) is 8.82. The highest BCUT2D eigenvalue weighted by Gasteiger charge is 2.34. The van der Waals surface area contributed by atoms with Crippen LogP contribution in [0.3, 0.4) is 0 Å². The van der Waals surface area contributed by atoms with Crippen molar-refractivity contribution in [2.24, 2.45) is 11.8 Å². The Labute approximate surface area is 129 Å². The van der Waals surface area contributed by atoms with E-state index in [0.717, 1.165) is 43.1 Å². The molecule has 0 bridgehead atoms. The lowest BCUT2D eigenvalue weighted by Gasteiger charge is -2.36. The van der Waals surface area contributed by atoms with E-state index < -0.39 is 0 Å². The summed E-state index contributed by atoms with van der Waals surface area (Å²) in [6.07, 6.45) is 8.10. The molecular weight excluding hydrogens is 258 g/mol. The molecule has 0 amide bonds. The SMILES string of the molecule is CCCOc1cccc(C2CCNCC2C2CCCC2)c1. The van der Waals surface area contributed by atoms with Gasteiger partial charge in [-0.05, 0) is 61.4 Å². The Hall–Kier alpha value is -1.02. The van der Waals surface area contributed by atoms with Crippen molar-refractivity contribution in [1.29, 1.82) is 0 Å². The molecule has 3 rings (SSSR count). The molecule has 21 heavy (non-hydrogen) atoms. The molecule has 0 aromatic heterocycles.